The van der Waals surface area contributed by atoms with Gasteiger partial charge in [-0.3, -0.25) is 0 Å². The Bertz CT molecular complexity index is 339. The van der Waals surface area contributed by atoms with E-state index in [0.29, 0.717) is 18.3 Å². The van der Waals surface area contributed by atoms with Crippen molar-refractivity contribution in [2.75, 3.05) is 0 Å². The number of rotatable bonds is 4. The number of ether oxygens (including phenoxy) is 1. The standard InChI is InChI=1S/C11H21N3O2/c1-6-11(5,12)9-13-8(16-14-9)7-15-10(2,3)4/h6-7,12H2,1-5H3. The van der Waals surface area contributed by atoms with Crippen LogP contribution in [0.1, 0.15) is 52.8 Å². The van der Waals surface area contributed by atoms with Crippen molar-refractivity contribution in [2.45, 2.75) is 58.8 Å². The van der Waals surface area contributed by atoms with E-state index < -0.39 is 5.54 Å². The van der Waals surface area contributed by atoms with E-state index in [1.165, 1.54) is 0 Å². The summed E-state index contributed by atoms with van der Waals surface area (Å²) in [5.41, 5.74) is 5.25. The summed E-state index contributed by atoms with van der Waals surface area (Å²) in [4.78, 5) is 4.23. The van der Waals surface area contributed by atoms with Crippen LogP contribution in [0.15, 0.2) is 4.52 Å². The summed E-state index contributed by atoms with van der Waals surface area (Å²) < 4.78 is 10.6. The van der Waals surface area contributed by atoms with Crippen LogP contribution in [0, 0.1) is 0 Å². The van der Waals surface area contributed by atoms with Gasteiger partial charge in [-0.25, -0.2) is 0 Å². The molecule has 0 spiro atoms. The molecule has 1 atom stereocenters. The molecular formula is C11H21N3O2. The minimum absolute atomic E-state index is 0.217. The number of hydrogen-bond acceptors (Lipinski definition) is 5. The fourth-order valence-electron chi connectivity index (χ4n) is 0.982. The van der Waals surface area contributed by atoms with Crippen molar-refractivity contribution in [1.82, 2.24) is 10.1 Å². The minimum atomic E-state index is -0.538. The minimum Gasteiger partial charge on any atom is -0.366 e. The average Bonchev–Trinajstić information content (AvgIpc) is 2.62. The van der Waals surface area contributed by atoms with Crippen LogP contribution >= 0.6 is 0 Å². The molecule has 0 aliphatic rings. The lowest BCUT2D eigenvalue weighted by atomic mass is 10.0. The maximum Gasteiger partial charge on any atom is 0.252 e. The van der Waals surface area contributed by atoms with Crippen LogP contribution < -0.4 is 5.73 Å². The molecule has 0 radical (unpaired) electrons. The Balaban J connectivity index is 2.66. The van der Waals surface area contributed by atoms with Crippen molar-refractivity contribution in [1.29, 1.82) is 0 Å². The summed E-state index contributed by atoms with van der Waals surface area (Å²) in [5, 5.41) is 3.87. The second-order valence-corrected chi connectivity index (χ2v) is 5.18. The zero-order chi connectivity index (χ0) is 12.4. The Morgan fingerprint density at radius 3 is 2.44 bits per heavy atom. The zero-order valence-electron chi connectivity index (χ0n) is 10.7. The van der Waals surface area contributed by atoms with E-state index >= 15 is 0 Å². The molecule has 1 unspecified atom stereocenters. The molecule has 5 nitrogen and oxygen atoms in total. The summed E-state index contributed by atoms with van der Waals surface area (Å²) >= 11 is 0. The van der Waals surface area contributed by atoms with E-state index in [0.717, 1.165) is 6.42 Å². The van der Waals surface area contributed by atoms with Crippen LogP contribution in [0.2, 0.25) is 0 Å². The Hall–Kier alpha value is -0.940. The van der Waals surface area contributed by atoms with E-state index in [9.17, 15) is 0 Å². The van der Waals surface area contributed by atoms with E-state index in [2.05, 4.69) is 10.1 Å². The molecule has 0 amide bonds. The van der Waals surface area contributed by atoms with E-state index in [-0.39, 0.29) is 5.60 Å². The molecule has 0 saturated heterocycles. The van der Waals surface area contributed by atoms with Crippen molar-refractivity contribution >= 4 is 0 Å². The molecule has 2 N–H and O–H groups in total. The van der Waals surface area contributed by atoms with E-state index in [1.807, 2.05) is 34.6 Å². The fraction of sp³-hybridized carbons (Fsp3) is 0.818. The fourth-order valence-corrected chi connectivity index (χ4v) is 0.982. The van der Waals surface area contributed by atoms with Gasteiger partial charge in [-0.2, -0.15) is 4.98 Å². The molecular weight excluding hydrogens is 206 g/mol. The van der Waals surface area contributed by atoms with Crippen LogP contribution in [0.3, 0.4) is 0 Å². The van der Waals surface area contributed by atoms with Gasteiger partial charge >= 0.3 is 0 Å². The number of nitrogens with zero attached hydrogens (tertiary/aromatic N) is 2. The van der Waals surface area contributed by atoms with Gasteiger partial charge in [-0.1, -0.05) is 12.1 Å². The van der Waals surface area contributed by atoms with Crippen molar-refractivity contribution in [3.8, 4) is 0 Å². The molecule has 16 heavy (non-hydrogen) atoms. The second kappa shape index (κ2) is 4.51. The molecule has 0 aliphatic carbocycles. The van der Waals surface area contributed by atoms with Gasteiger partial charge in [0.15, 0.2) is 5.82 Å². The van der Waals surface area contributed by atoms with Crippen LogP contribution in [0.5, 0.6) is 0 Å². The summed E-state index contributed by atoms with van der Waals surface area (Å²) in [6.45, 7) is 10.1. The van der Waals surface area contributed by atoms with Crippen molar-refractivity contribution in [3.05, 3.63) is 11.7 Å². The first kappa shape index (κ1) is 13.1. The number of nitrogens with two attached hydrogens (primary N) is 1. The Morgan fingerprint density at radius 1 is 1.31 bits per heavy atom. The van der Waals surface area contributed by atoms with Gasteiger partial charge in [0.1, 0.15) is 6.61 Å². The van der Waals surface area contributed by atoms with E-state index in [4.69, 9.17) is 15.0 Å². The molecule has 0 aliphatic heterocycles. The highest BCUT2D eigenvalue weighted by atomic mass is 16.5. The normalized spacial score (nSPS) is 16.1. The van der Waals surface area contributed by atoms with Gasteiger partial charge < -0.3 is 15.0 Å². The molecule has 1 aromatic heterocycles. The first-order valence-corrected chi connectivity index (χ1v) is 5.50. The highest BCUT2D eigenvalue weighted by Gasteiger charge is 2.25. The molecule has 1 rings (SSSR count). The molecule has 0 bridgehead atoms. The number of hydrogen-bond donors (Lipinski definition) is 1. The Labute approximate surface area is 96.4 Å². The summed E-state index contributed by atoms with van der Waals surface area (Å²) in [5.74, 6) is 0.998. The quantitative estimate of drug-likeness (QED) is 0.851. The summed E-state index contributed by atoms with van der Waals surface area (Å²) in [7, 11) is 0. The highest BCUT2D eigenvalue weighted by molar-refractivity contribution is 5.00. The highest BCUT2D eigenvalue weighted by Crippen LogP contribution is 2.18. The predicted molar refractivity (Wildman–Crippen MR) is 60.7 cm³/mol. The van der Waals surface area contributed by atoms with Crippen molar-refractivity contribution in [3.63, 3.8) is 0 Å². The predicted octanol–water partition coefficient (Wildman–Crippen LogP) is 1.97. The van der Waals surface area contributed by atoms with Gasteiger partial charge in [-0.05, 0) is 34.1 Å². The largest absolute Gasteiger partial charge is 0.366 e. The van der Waals surface area contributed by atoms with Gasteiger partial charge in [0.2, 0.25) is 0 Å². The Morgan fingerprint density at radius 2 is 1.94 bits per heavy atom. The first-order valence-electron chi connectivity index (χ1n) is 5.50. The summed E-state index contributed by atoms with van der Waals surface area (Å²) in [6.07, 6.45) is 0.756. The Kier molecular flexibility index (Phi) is 3.70. The average molecular weight is 227 g/mol. The monoisotopic (exact) mass is 227 g/mol. The lowest BCUT2D eigenvalue weighted by Gasteiger charge is -2.18. The van der Waals surface area contributed by atoms with Gasteiger partial charge in [0, 0.05) is 0 Å². The molecule has 0 fully saturated rings. The van der Waals surface area contributed by atoms with Gasteiger partial charge in [0.25, 0.3) is 5.89 Å². The van der Waals surface area contributed by atoms with E-state index in [1.54, 1.807) is 0 Å². The van der Waals surface area contributed by atoms with Crippen molar-refractivity contribution < 1.29 is 9.26 Å². The smallest absolute Gasteiger partial charge is 0.252 e. The maximum absolute atomic E-state index is 6.01. The molecule has 92 valence electrons. The van der Waals surface area contributed by atoms with Crippen LogP contribution in [0.25, 0.3) is 0 Å². The van der Waals surface area contributed by atoms with Gasteiger partial charge in [0.05, 0.1) is 11.1 Å². The molecule has 5 heteroatoms. The van der Waals surface area contributed by atoms with Crippen LogP contribution in [-0.2, 0) is 16.9 Å². The molecule has 1 heterocycles. The topological polar surface area (TPSA) is 74.2 Å². The van der Waals surface area contributed by atoms with Crippen LogP contribution in [0.4, 0.5) is 0 Å². The van der Waals surface area contributed by atoms with Crippen LogP contribution in [-0.4, -0.2) is 15.7 Å². The lowest BCUT2D eigenvalue weighted by molar-refractivity contribution is -0.0260. The zero-order valence-corrected chi connectivity index (χ0v) is 10.7. The third-order valence-corrected chi connectivity index (χ3v) is 2.34. The third kappa shape index (κ3) is 3.57. The first-order chi connectivity index (χ1) is 7.24. The third-order valence-electron chi connectivity index (χ3n) is 2.34. The summed E-state index contributed by atoms with van der Waals surface area (Å²) in [6, 6.07) is 0. The number of aromatic nitrogens is 2. The molecule has 0 saturated carbocycles. The lowest BCUT2D eigenvalue weighted by Crippen LogP contribution is -2.33. The maximum atomic E-state index is 6.01. The molecule has 0 aromatic carbocycles. The SMILES string of the molecule is CCC(C)(N)c1noc(COC(C)(C)C)n1. The second-order valence-electron chi connectivity index (χ2n) is 5.18. The van der Waals surface area contributed by atoms with Crippen molar-refractivity contribution in [2.24, 2.45) is 5.73 Å². The molecule has 1 aromatic rings. The van der Waals surface area contributed by atoms with Gasteiger partial charge in [-0.15, -0.1) is 0 Å².